The fraction of sp³-hybridized carbons (Fsp3) is 0.364. The van der Waals surface area contributed by atoms with Crippen LogP contribution in [0.3, 0.4) is 0 Å². The molecule has 1 aliphatic carbocycles. The Kier molecular flexibility index (Phi) is 6.88. The second-order valence-corrected chi connectivity index (χ2v) is 10.2. The Hall–Kier alpha value is -2.36. The Labute approximate surface area is 199 Å². The zero-order chi connectivity index (χ0) is 22.8. The van der Waals surface area contributed by atoms with E-state index in [2.05, 4.69) is 22.4 Å². The van der Waals surface area contributed by atoms with Gasteiger partial charge in [-0.2, -0.15) is 0 Å². The first-order chi connectivity index (χ1) is 15.4. The van der Waals surface area contributed by atoms with E-state index >= 15 is 0 Å². The smallest absolute Gasteiger partial charge is 0.341 e. The van der Waals surface area contributed by atoms with Crippen molar-refractivity contribution < 1.29 is 14.3 Å². The van der Waals surface area contributed by atoms with Gasteiger partial charge in [-0.05, 0) is 55.0 Å². The van der Waals surface area contributed by atoms with Gasteiger partial charge in [-0.3, -0.25) is 4.79 Å². The molecule has 0 fully saturated rings. The molecule has 1 N–H and O–H groups in total. The van der Waals surface area contributed by atoms with E-state index in [-0.39, 0.29) is 11.7 Å². The number of amides is 1. The fourth-order valence-corrected chi connectivity index (χ4v) is 5.99. The van der Waals surface area contributed by atoms with Gasteiger partial charge in [0.25, 0.3) is 0 Å². The third kappa shape index (κ3) is 4.69. The van der Waals surface area contributed by atoms with E-state index in [1.165, 1.54) is 30.2 Å². The Balaban J connectivity index is 1.46. The Morgan fingerprint density at radius 3 is 2.78 bits per heavy atom. The molecule has 1 amide bonds. The number of thioether (sulfide) groups is 1. The third-order valence-corrected chi connectivity index (χ3v) is 7.87. The zero-order valence-corrected chi connectivity index (χ0v) is 20.4. The first kappa shape index (κ1) is 22.8. The fourth-order valence-electron chi connectivity index (χ4n) is 3.74. The van der Waals surface area contributed by atoms with Crippen molar-refractivity contribution in [3.63, 3.8) is 0 Å². The average molecular weight is 491 g/mol. The molecule has 2 heterocycles. The van der Waals surface area contributed by atoms with Crippen LogP contribution in [0, 0.1) is 5.92 Å². The number of carbonyl (C=O) groups is 2. The van der Waals surface area contributed by atoms with E-state index in [1.54, 1.807) is 12.1 Å². The van der Waals surface area contributed by atoms with Crippen LogP contribution in [-0.4, -0.2) is 39.5 Å². The second kappa shape index (κ2) is 9.64. The molecule has 0 aliphatic heterocycles. The van der Waals surface area contributed by atoms with Crippen LogP contribution in [0.4, 0.5) is 5.00 Å². The maximum atomic E-state index is 12.7. The highest BCUT2D eigenvalue weighted by atomic mass is 35.5. The van der Waals surface area contributed by atoms with Crippen LogP contribution in [0.1, 0.15) is 34.1 Å². The quantitative estimate of drug-likeness (QED) is 0.393. The number of hydrogen-bond acceptors (Lipinski definition) is 7. The average Bonchev–Trinajstić information content (AvgIpc) is 3.31. The van der Waals surface area contributed by atoms with Crippen molar-refractivity contribution >= 4 is 51.6 Å². The van der Waals surface area contributed by atoms with Crippen LogP contribution in [-0.2, 0) is 29.4 Å². The summed E-state index contributed by atoms with van der Waals surface area (Å²) < 4.78 is 6.83. The number of halogens is 1. The summed E-state index contributed by atoms with van der Waals surface area (Å²) in [6.07, 6.45) is 2.77. The molecule has 2 aromatic heterocycles. The molecular weight excluding hydrogens is 468 g/mol. The number of fused-ring (bicyclic) bond motifs is 1. The van der Waals surface area contributed by atoms with E-state index < -0.39 is 5.97 Å². The minimum atomic E-state index is -0.402. The van der Waals surface area contributed by atoms with Crippen molar-refractivity contribution in [3.05, 3.63) is 45.3 Å². The van der Waals surface area contributed by atoms with E-state index in [1.807, 2.05) is 23.7 Å². The van der Waals surface area contributed by atoms with Gasteiger partial charge in [0.15, 0.2) is 11.0 Å². The number of hydrogen-bond donors (Lipinski definition) is 1. The predicted molar refractivity (Wildman–Crippen MR) is 128 cm³/mol. The summed E-state index contributed by atoms with van der Waals surface area (Å²) in [5, 5.41) is 13.2. The SMILES string of the molecule is COC(=O)c1c(NC(=O)CSc2nnc(-c3ccc(Cl)cc3)n2C)sc2c1CCC(C)C2. The monoisotopic (exact) mass is 490 g/mol. The zero-order valence-electron chi connectivity index (χ0n) is 18.0. The van der Waals surface area contributed by atoms with Crippen LogP contribution in [0.25, 0.3) is 11.4 Å². The molecule has 0 bridgehead atoms. The summed E-state index contributed by atoms with van der Waals surface area (Å²) in [6.45, 7) is 2.20. The van der Waals surface area contributed by atoms with Crippen molar-refractivity contribution in [3.8, 4) is 11.4 Å². The first-order valence-corrected chi connectivity index (χ1v) is 12.4. The van der Waals surface area contributed by atoms with Crippen molar-refractivity contribution in [2.45, 2.75) is 31.3 Å². The predicted octanol–water partition coefficient (Wildman–Crippen LogP) is 4.84. The highest BCUT2D eigenvalue weighted by Gasteiger charge is 2.29. The summed E-state index contributed by atoms with van der Waals surface area (Å²) >= 11 is 8.72. The number of thiophene rings is 1. The summed E-state index contributed by atoms with van der Waals surface area (Å²) in [5.41, 5.74) is 2.41. The number of methoxy groups -OCH3 is 1. The van der Waals surface area contributed by atoms with E-state index in [4.69, 9.17) is 16.3 Å². The van der Waals surface area contributed by atoms with Crippen molar-refractivity contribution in [2.24, 2.45) is 13.0 Å². The minimum absolute atomic E-state index is 0.145. The van der Waals surface area contributed by atoms with Gasteiger partial charge < -0.3 is 14.6 Å². The molecule has 0 spiro atoms. The highest BCUT2D eigenvalue weighted by molar-refractivity contribution is 7.99. The van der Waals surface area contributed by atoms with E-state index in [9.17, 15) is 9.59 Å². The Morgan fingerprint density at radius 2 is 2.06 bits per heavy atom. The van der Waals surface area contributed by atoms with Crippen LogP contribution in [0.2, 0.25) is 5.02 Å². The molecule has 0 radical (unpaired) electrons. The maximum Gasteiger partial charge on any atom is 0.341 e. The lowest BCUT2D eigenvalue weighted by Crippen LogP contribution is -2.17. The largest absolute Gasteiger partial charge is 0.465 e. The van der Waals surface area contributed by atoms with Crippen LogP contribution >= 0.6 is 34.7 Å². The first-order valence-electron chi connectivity index (χ1n) is 10.2. The van der Waals surface area contributed by atoms with Crippen LogP contribution in [0.15, 0.2) is 29.4 Å². The summed E-state index contributed by atoms with van der Waals surface area (Å²) in [7, 11) is 3.22. The molecule has 1 atom stereocenters. The number of ether oxygens (including phenoxy) is 1. The summed E-state index contributed by atoms with van der Waals surface area (Å²) in [6, 6.07) is 7.35. The van der Waals surface area contributed by atoms with Crippen LogP contribution in [0.5, 0.6) is 0 Å². The third-order valence-electron chi connectivity index (χ3n) is 5.42. The summed E-state index contributed by atoms with van der Waals surface area (Å²) in [4.78, 5) is 26.3. The Morgan fingerprint density at radius 1 is 1.31 bits per heavy atom. The number of esters is 1. The second-order valence-electron chi connectivity index (χ2n) is 7.76. The molecule has 4 rings (SSSR count). The van der Waals surface area contributed by atoms with Gasteiger partial charge >= 0.3 is 5.97 Å². The van der Waals surface area contributed by atoms with Crippen molar-refractivity contribution in [1.82, 2.24) is 14.8 Å². The number of nitrogens with one attached hydrogen (secondary N) is 1. The number of anilines is 1. The molecule has 10 heteroatoms. The minimum Gasteiger partial charge on any atom is -0.465 e. The van der Waals surface area contributed by atoms with Crippen LogP contribution < -0.4 is 5.32 Å². The lowest BCUT2D eigenvalue weighted by Gasteiger charge is -2.18. The van der Waals surface area contributed by atoms with Gasteiger partial charge in [0.1, 0.15) is 5.00 Å². The highest BCUT2D eigenvalue weighted by Crippen LogP contribution is 2.40. The van der Waals surface area contributed by atoms with E-state index in [0.717, 1.165) is 35.3 Å². The van der Waals surface area contributed by atoms with Crippen molar-refractivity contribution in [1.29, 1.82) is 0 Å². The molecule has 0 saturated heterocycles. The molecule has 32 heavy (non-hydrogen) atoms. The van der Waals surface area contributed by atoms with Gasteiger partial charge in [0.2, 0.25) is 5.91 Å². The Bertz CT molecular complexity index is 1160. The summed E-state index contributed by atoms with van der Waals surface area (Å²) in [5.74, 6) is 0.796. The van der Waals surface area contributed by atoms with Crippen molar-refractivity contribution in [2.75, 3.05) is 18.2 Å². The number of aromatic nitrogens is 3. The lowest BCUT2D eigenvalue weighted by molar-refractivity contribution is -0.113. The van der Waals surface area contributed by atoms with Gasteiger partial charge in [-0.1, -0.05) is 30.3 Å². The number of nitrogens with zero attached hydrogens (tertiary/aromatic N) is 3. The number of rotatable bonds is 6. The molecule has 1 aromatic carbocycles. The normalized spacial score (nSPS) is 15.3. The number of benzene rings is 1. The molecular formula is C22H23ClN4O3S2. The maximum absolute atomic E-state index is 12.7. The molecule has 1 unspecified atom stereocenters. The molecule has 3 aromatic rings. The van der Waals surface area contributed by atoms with Gasteiger partial charge in [-0.25, -0.2) is 4.79 Å². The van der Waals surface area contributed by atoms with Gasteiger partial charge in [0.05, 0.1) is 18.4 Å². The topological polar surface area (TPSA) is 86.1 Å². The van der Waals surface area contributed by atoms with Gasteiger partial charge in [-0.15, -0.1) is 21.5 Å². The number of carbonyl (C=O) groups excluding carboxylic acids is 2. The van der Waals surface area contributed by atoms with E-state index in [0.29, 0.717) is 32.5 Å². The lowest BCUT2D eigenvalue weighted by atomic mass is 9.88. The molecule has 7 nitrogen and oxygen atoms in total. The standard InChI is InChI=1S/C22H23ClN4O3S2/c1-12-4-9-15-16(10-12)32-20(18(15)21(29)30-3)24-17(28)11-31-22-26-25-19(27(22)2)13-5-7-14(23)8-6-13/h5-8,12H,4,9-11H2,1-3H3,(H,24,28). The molecule has 1 aliphatic rings. The molecule has 0 saturated carbocycles. The van der Waals surface area contributed by atoms with Gasteiger partial charge in [0, 0.05) is 22.5 Å². The molecule has 168 valence electrons.